The van der Waals surface area contributed by atoms with Gasteiger partial charge in [-0.05, 0) is 74.7 Å². The molecule has 2 aliphatic rings. The first kappa shape index (κ1) is 24.1. The van der Waals surface area contributed by atoms with Crippen LogP contribution in [0.3, 0.4) is 0 Å². The van der Waals surface area contributed by atoms with Crippen LogP contribution in [0.5, 0.6) is 5.75 Å². The molecule has 1 unspecified atom stereocenters. The third-order valence-electron chi connectivity index (χ3n) is 6.59. The van der Waals surface area contributed by atoms with Crippen molar-refractivity contribution in [1.82, 2.24) is 10.3 Å². The number of nitriles is 1. The van der Waals surface area contributed by atoms with Crippen molar-refractivity contribution in [3.63, 3.8) is 0 Å². The van der Waals surface area contributed by atoms with E-state index in [-0.39, 0.29) is 18.3 Å². The predicted molar refractivity (Wildman–Crippen MR) is 136 cm³/mol. The lowest BCUT2D eigenvalue weighted by Crippen LogP contribution is -2.35. The van der Waals surface area contributed by atoms with Gasteiger partial charge in [0.25, 0.3) is 5.91 Å². The molecular formula is C29H26N4O4. The van der Waals surface area contributed by atoms with Gasteiger partial charge in [0.05, 0.1) is 23.1 Å². The number of anilines is 1. The van der Waals surface area contributed by atoms with Gasteiger partial charge in [0.2, 0.25) is 0 Å². The molecule has 0 fully saturated rings. The van der Waals surface area contributed by atoms with Crippen LogP contribution in [0.4, 0.5) is 5.82 Å². The molecule has 0 saturated carbocycles. The van der Waals surface area contributed by atoms with E-state index in [1.165, 1.54) is 0 Å². The van der Waals surface area contributed by atoms with Crippen LogP contribution in [0.1, 0.15) is 54.8 Å². The minimum absolute atomic E-state index is 0.0114. The number of furan rings is 1. The number of benzene rings is 1. The number of aryl methyl sites for hydroxylation is 1. The average Bonchev–Trinajstić information content (AvgIpc) is 3.37. The summed E-state index contributed by atoms with van der Waals surface area (Å²) in [5.74, 6) is 1.17. The van der Waals surface area contributed by atoms with E-state index >= 15 is 0 Å². The summed E-state index contributed by atoms with van der Waals surface area (Å²) in [5, 5.41) is 15.2. The average molecular weight is 495 g/mol. The summed E-state index contributed by atoms with van der Waals surface area (Å²) < 4.78 is 12.0. The van der Waals surface area contributed by atoms with E-state index < -0.39 is 5.92 Å². The number of ketones is 1. The standard InChI is InChI=1S/C29H26N4O4/c1-17-5-4-14-31-28(17)33-29(35)25-18(2)32-22-6-3-7-23(34)26(22)27(25)24-13-12-21(37-24)16-36-20-10-8-19(15-30)9-11-20/h4-5,8-14,27,32H,3,6-7,16H2,1-2H3,(H,31,33,35). The Morgan fingerprint density at radius 2 is 2.00 bits per heavy atom. The number of Topliss-reactive ketones (excluding diaryl/α,β-unsaturated/α-hetero) is 1. The minimum Gasteiger partial charge on any atom is -0.486 e. The number of allylic oxidation sites excluding steroid dienone is 3. The fourth-order valence-electron chi connectivity index (χ4n) is 4.77. The molecule has 2 aromatic heterocycles. The molecule has 1 amide bonds. The molecule has 0 saturated heterocycles. The summed E-state index contributed by atoms with van der Waals surface area (Å²) in [6, 6.07) is 16.2. The number of carbonyl (C=O) groups excluding carboxylic acids is 2. The first-order chi connectivity index (χ1) is 17.9. The normalized spacial score (nSPS) is 17.1. The van der Waals surface area contributed by atoms with Crippen molar-refractivity contribution in [2.45, 2.75) is 45.6 Å². The molecule has 5 rings (SSSR count). The highest BCUT2D eigenvalue weighted by molar-refractivity contribution is 6.09. The van der Waals surface area contributed by atoms with E-state index in [0.717, 1.165) is 24.1 Å². The molecule has 2 N–H and O–H groups in total. The van der Waals surface area contributed by atoms with E-state index in [0.29, 0.717) is 51.9 Å². The Balaban J connectivity index is 1.45. The summed E-state index contributed by atoms with van der Waals surface area (Å²) in [5.41, 5.74) is 3.91. The molecule has 1 aliphatic heterocycles. The monoisotopic (exact) mass is 494 g/mol. The number of nitrogens with one attached hydrogen (secondary N) is 2. The quantitative estimate of drug-likeness (QED) is 0.493. The molecule has 3 aromatic rings. The largest absolute Gasteiger partial charge is 0.486 e. The molecule has 1 aliphatic carbocycles. The van der Waals surface area contributed by atoms with Crippen LogP contribution in [-0.4, -0.2) is 16.7 Å². The maximum atomic E-state index is 13.6. The summed E-state index contributed by atoms with van der Waals surface area (Å²) in [6.07, 6.45) is 3.55. The van der Waals surface area contributed by atoms with Gasteiger partial charge in [-0.15, -0.1) is 0 Å². The highest BCUT2D eigenvalue weighted by atomic mass is 16.5. The fraction of sp³-hybridized carbons (Fsp3) is 0.241. The van der Waals surface area contributed by atoms with Gasteiger partial charge in [-0.1, -0.05) is 6.07 Å². The van der Waals surface area contributed by atoms with Gasteiger partial charge in [-0.2, -0.15) is 5.26 Å². The number of rotatable bonds is 6. The number of ether oxygens (including phenoxy) is 1. The zero-order chi connectivity index (χ0) is 25.9. The fourth-order valence-corrected chi connectivity index (χ4v) is 4.77. The Bertz CT molecular complexity index is 1470. The third-order valence-corrected chi connectivity index (χ3v) is 6.59. The van der Waals surface area contributed by atoms with Gasteiger partial charge in [-0.3, -0.25) is 9.59 Å². The smallest absolute Gasteiger partial charge is 0.255 e. The van der Waals surface area contributed by atoms with E-state index in [9.17, 15) is 9.59 Å². The van der Waals surface area contributed by atoms with Gasteiger partial charge < -0.3 is 19.8 Å². The first-order valence-electron chi connectivity index (χ1n) is 12.1. The van der Waals surface area contributed by atoms with Crippen molar-refractivity contribution >= 4 is 17.5 Å². The maximum Gasteiger partial charge on any atom is 0.255 e. The van der Waals surface area contributed by atoms with E-state index in [1.807, 2.05) is 26.0 Å². The molecule has 8 heteroatoms. The Morgan fingerprint density at radius 3 is 2.76 bits per heavy atom. The van der Waals surface area contributed by atoms with Gasteiger partial charge >= 0.3 is 0 Å². The van der Waals surface area contributed by atoms with Gasteiger partial charge in [-0.25, -0.2) is 4.98 Å². The third kappa shape index (κ3) is 4.89. The summed E-state index contributed by atoms with van der Waals surface area (Å²) in [7, 11) is 0. The number of pyridine rings is 1. The van der Waals surface area contributed by atoms with Gasteiger partial charge in [0.15, 0.2) is 5.78 Å². The van der Waals surface area contributed by atoms with Gasteiger partial charge in [0, 0.05) is 29.6 Å². The Labute approximate surface area is 214 Å². The lowest BCUT2D eigenvalue weighted by molar-refractivity contribution is -0.116. The molecule has 8 nitrogen and oxygen atoms in total. The SMILES string of the molecule is CC1=C(C(=O)Nc2ncccc2C)C(c2ccc(COc3ccc(C#N)cc3)o2)C2=C(CCCC2=O)N1. The summed E-state index contributed by atoms with van der Waals surface area (Å²) >= 11 is 0. The van der Waals surface area contributed by atoms with Crippen LogP contribution < -0.4 is 15.4 Å². The number of carbonyl (C=O) groups is 2. The molecule has 1 atom stereocenters. The van der Waals surface area contributed by atoms with Crippen molar-refractivity contribution in [3.8, 4) is 11.8 Å². The second-order valence-corrected chi connectivity index (χ2v) is 9.12. The number of amides is 1. The molecule has 0 bridgehead atoms. The molecule has 0 radical (unpaired) electrons. The second-order valence-electron chi connectivity index (χ2n) is 9.12. The van der Waals surface area contributed by atoms with E-state index in [4.69, 9.17) is 14.4 Å². The van der Waals surface area contributed by atoms with Crippen molar-refractivity contribution in [3.05, 3.63) is 99.9 Å². The van der Waals surface area contributed by atoms with Crippen LogP contribution in [0.15, 0.2) is 81.7 Å². The highest BCUT2D eigenvalue weighted by Gasteiger charge is 2.40. The van der Waals surface area contributed by atoms with E-state index in [2.05, 4.69) is 21.7 Å². The molecule has 1 aromatic carbocycles. The highest BCUT2D eigenvalue weighted by Crippen LogP contribution is 2.43. The Morgan fingerprint density at radius 1 is 1.19 bits per heavy atom. The summed E-state index contributed by atoms with van der Waals surface area (Å²) in [6.45, 7) is 3.88. The number of aromatic nitrogens is 1. The zero-order valence-electron chi connectivity index (χ0n) is 20.6. The molecule has 3 heterocycles. The predicted octanol–water partition coefficient (Wildman–Crippen LogP) is 5.04. The first-order valence-corrected chi connectivity index (χ1v) is 12.1. The number of hydrogen-bond donors (Lipinski definition) is 2. The molecule has 0 spiro atoms. The number of nitrogens with zero attached hydrogens (tertiary/aromatic N) is 2. The van der Waals surface area contributed by atoms with Crippen LogP contribution in [0.2, 0.25) is 0 Å². The second kappa shape index (κ2) is 10.2. The Kier molecular flexibility index (Phi) is 6.60. The van der Waals surface area contributed by atoms with Gasteiger partial charge in [0.1, 0.15) is 29.7 Å². The van der Waals surface area contributed by atoms with E-state index in [1.54, 1.807) is 42.6 Å². The maximum absolute atomic E-state index is 13.6. The van der Waals surface area contributed by atoms with Crippen LogP contribution in [-0.2, 0) is 16.2 Å². The molecule has 37 heavy (non-hydrogen) atoms. The number of dihydropyridines is 1. The van der Waals surface area contributed by atoms with Crippen LogP contribution in [0, 0.1) is 18.3 Å². The topological polar surface area (TPSA) is 117 Å². The van der Waals surface area contributed by atoms with Crippen LogP contribution >= 0.6 is 0 Å². The minimum atomic E-state index is -0.642. The van der Waals surface area contributed by atoms with Crippen molar-refractivity contribution in [2.24, 2.45) is 0 Å². The van der Waals surface area contributed by atoms with Crippen molar-refractivity contribution in [1.29, 1.82) is 5.26 Å². The Hall–Kier alpha value is -4.64. The van der Waals surface area contributed by atoms with Crippen LogP contribution in [0.25, 0.3) is 0 Å². The summed E-state index contributed by atoms with van der Waals surface area (Å²) in [4.78, 5) is 31.0. The molecular weight excluding hydrogens is 468 g/mol. The van der Waals surface area contributed by atoms with Crippen molar-refractivity contribution < 1.29 is 18.7 Å². The lowest BCUT2D eigenvalue weighted by atomic mass is 9.77. The molecule has 186 valence electrons. The number of hydrogen-bond acceptors (Lipinski definition) is 7. The lowest BCUT2D eigenvalue weighted by Gasteiger charge is -2.33. The zero-order valence-corrected chi connectivity index (χ0v) is 20.6. The van der Waals surface area contributed by atoms with Crippen molar-refractivity contribution in [2.75, 3.05) is 5.32 Å².